The van der Waals surface area contributed by atoms with Crippen LogP contribution in [0.15, 0.2) is 0 Å². The summed E-state index contributed by atoms with van der Waals surface area (Å²) < 4.78 is 0. The van der Waals surface area contributed by atoms with Crippen LogP contribution >= 0.6 is 11.8 Å². The van der Waals surface area contributed by atoms with Crippen LogP contribution in [0.5, 0.6) is 0 Å². The molecule has 2 heterocycles. The van der Waals surface area contributed by atoms with Crippen LogP contribution in [0, 0.1) is 5.41 Å². The Morgan fingerprint density at radius 2 is 2.00 bits per heavy atom. The first-order valence-electron chi connectivity index (χ1n) is 6.00. The summed E-state index contributed by atoms with van der Waals surface area (Å²) in [4.78, 5) is 5.22. The summed E-state index contributed by atoms with van der Waals surface area (Å²) in [5.74, 6) is 1.32. The fraction of sp³-hybridized carbons (Fsp3) is 1.00. The van der Waals surface area contributed by atoms with Crippen LogP contribution in [-0.4, -0.2) is 60.1 Å². The van der Waals surface area contributed by atoms with Gasteiger partial charge in [-0.2, -0.15) is 11.8 Å². The van der Waals surface area contributed by atoms with Crippen molar-refractivity contribution in [3.05, 3.63) is 0 Å². The van der Waals surface area contributed by atoms with Gasteiger partial charge < -0.3 is 9.80 Å². The van der Waals surface area contributed by atoms with Crippen molar-refractivity contribution < 1.29 is 0 Å². The summed E-state index contributed by atoms with van der Waals surface area (Å²) in [6.07, 6.45) is 0. The predicted octanol–water partition coefficient (Wildman–Crippen LogP) is 1.76. The van der Waals surface area contributed by atoms with E-state index in [1.54, 1.807) is 0 Å². The second-order valence-electron chi connectivity index (χ2n) is 6.21. The molecule has 0 aromatic heterocycles. The van der Waals surface area contributed by atoms with Crippen molar-refractivity contribution in [1.29, 1.82) is 0 Å². The minimum Gasteiger partial charge on any atom is -0.300 e. The maximum absolute atomic E-state index is 2.66. The van der Waals surface area contributed by atoms with Gasteiger partial charge in [0.05, 0.1) is 0 Å². The SMILES string of the molecule is CN1CCSC2CN(CC(C)(C)C)CC21. The fourth-order valence-corrected chi connectivity index (χ4v) is 4.26. The van der Waals surface area contributed by atoms with Crippen molar-refractivity contribution in [3.8, 4) is 0 Å². The van der Waals surface area contributed by atoms with Crippen LogP contribution < -0.4 is 0 Å². The maximum atomic E-state index is 2.66. The monoisotopic (exact) mass is 228 g/mol. The minimum atomic E-state index is 0.441. The van der Waals surface area contributed by atoms with Crippen molar-refractivity contribution in [2.24, 2.45) is 5.41 Å². The molecule has 2 nitrogen and oxygen atoms in total. The van der Waals surface area contributed by atoms with E-state index >= 15 is 0 Å². The molecule has 0 radical (unpaired) electrons. The molecule has 0 spiro atoms. The zero-order valence-electron chi connectivity index (χ0n) is 10.5. The lowest BCUT2D eigenvalue weighted by molar-refractivity contribution is 0.199. The zero-order valence-corrected chi connectivity index (χ0v) is 11.3. The normalized spacial score (nSPS) is 34.4. The molecule has 0 aliphatic carbocycles. The smallest absolute Gasteiger partial charge is 0.0351 e. The molecule has 0 N–H and O–H groups in total. The zero-order chi connectivity index (χ0) is 11.1. The minimum absolute atomic E-state index is 0.441. The van der Waals surface area contributed by atoms with Crippen LogP contribution in [-0.2, 0) is 0 Å². The Morgan fingerprint density at radius 1 is 1.27 bits per heavy atom. The number of thioether (sulfide) groups is 1. The number of rotatable bonds is 1. The summed E-state index contributed by atoms with van der Waals surface area (Å²) >= 11 is 2.18. The Hall–Kier alpha value is 0.270. The predicted molar refractivity (Wildman–Crippen MR) is 68.6 cm³/mol. The average Bonchev–Trinajstić information content (AvgIpc) is 2.45. The number of fused-ring (bicyclic) bond motifs is 1. The van der Waals surface area contributed by atoms with Gasteiger partial charge in [0.2, 0.25) is 0 Å². The van der Waals surface area contributed by atoms with E-state index < -0.39 is 0 Å². The molecular formula is C12H24N2S. The van der Waals surface area contributed by atoms with Gasteiger partial charge in [-0.05, 0) is 12.5 Å². The number of likely N-dealkylation sites (N-methyl/N-ethyl adjacent to an activating group) is 1. The molecule has 15 heavy (non-hydrogen) atoms. The number of hydrogen-bond donors (Lipinski definition) is 0. The highest BCUT2D eigenvalue weighted by atomic mass is 32.2. The van der Waals surface area contributed by atoms with E-state index in [4.69, 9.17) is 0 Å². The van der Waals surface area contributed by atoms with Gasteiger partial charge in [0, 0.05) is 43.2 Å². The topological polar surface area (TPSA) is 6.48 Å². The molecule has 2 aliphatic rings. The molecule has 2 aliphatic heterocycles. The van der Waals surface area contributed by atoms with Crippen molar-refractivity contribution >= 4 is 11.8 Å². The third kappa shape index (κ3) is 2.89. The van der Waals surface area contributed by atoms with Crippen LogP contribution in [0.2, 0.25) is 0 Å². The first-order chi connectivity index (χ1) is 6.96. The van der Waals surface area contributed by atoms with Gasteiger partial charge in [-0.3, -0.25) is 0 Å². The number of hydrogen-bond acceptors (Lipinski definition) is 3. The fourth-order valence-electron chi connectivity index (χ4n) is 2.73. The highest BCUT2D eigenvalue weighted by Crippen LogP contribution is 2.31. The second-order valence-corrected chi connectivity index (χ2v) is 7.56. The molecule has 2 saturated heterocycles. The molecule has 2 fully saturated rings. The Bertz CT molecular complexity index is 224. The van der Waals surface area contributed by atoms with Gasteiger partial charge in [-0.25, -0.2) is 0 Å². The average molecular weight is 228 g/mol. The first-order valence-corrected chi connectivity index (χ1v) is 7.05. The van der Waals surface area contributed by atoms with Gasteiger partial charge in [0.25, 0.3) is 0 Å². The first kappa shape index (κ1) is 11.7. The van der Waals surface area contributed by atoms with Crippen LogP contribution in [0.4, 0.5) is 0 Å². The second kappa shape index (κ2) is 4.27. The quantitative estimate of drug-likeness (QED) is 0.675. The largest absolute Gasteiger partial charge is 0.300 e. The van der Waals surface area contributed by atoms with Crippen LogP contribution in [0.3, 0.4) is 0 Å². The van der Waals surface area contributed by atoms with Crippen LogP contribution in [0.1, 0.15) is 20.8 Å². The third-order valence-corrected chi connectivity index (χ3v) is 4.66. The standard InChI is InChI=1S/C12H24N2S/c1-12(2,3)9-14-7-10-11(8-14)15-6-5-13(10)4/h10-11H,5-9H2,1-4H3. The van der Waals surface area contributed by atoms with Crippen molar-refractivity contribution in [2.45, 2.75) is 32.1 Å². The third-order valence-electron chi connectivity index (χ3n) is 3.35. The van der Waals surface area contributed by atoms with E-state index in [-0.39, 0.29) is 0 Å². The molecule has 0 aromatic rings. The van der Waals surface area contributed by atoms with Gasteiger partial charge >= 0.3 is 0 Å². The summed E-state index contributed by atoms with van der Waals surface area (Å²) in [5, 5.41) is 0.867. The highest BCUT2D eigenvalue weighted by molar-refractivity contribution is 8.00. The maximum Gasteiger partial charge on any atom is 0.0351 e. The highest BCUT2D eigenvalue weighted by Gasteiger charge is 2.38. The Kier molecular flexibility index (Phi) is 3.34. The summed E-state index contributed by atoms with van der Waals surface area (Å²) in [7, 11) is 2.29. The van der Waals surface area contributed by atoms with E-state index in [1.165, 1.54) is 31.9 Å². The number of nitrogens with zero attached hydrogens (tertiary/aromatic N) is 2. The van der Waals surface area contributed by atoms with E-state index in [2.05, 4.69) is 49.4 Å². The number of likely N-dealkylation sites (tertiary alicyclic amines) is 1. The lowest BCUT2D eigenvalue weighted by atomic mass is 9.96. The summed E-state index contributed by atoms with van der Waals surface area (Å²) in [6, 6.07) is 0.811. The lowest BCUT2D eigenvalue weighted by Gasteiger charge is -2.33. The lowest BCUT2D eigenvalue weighted by Crippen LogP contribution is -2.44. The van der Waals surface area contributed by atoms with Crippen LogP contribution in [0.25, 0.3) is 0 Å². The molecule has 0 saturated carbocycles. The Labute approximate surface area is 98.4 Å². The molecule has 88 valence electrons. The van der Waals surface area contributed by atoms with E-state index in [0.29, 0.717) is 5.41 Å². The Balaban J connectivity index is 1.92. The molecule has 2 atom stereocenters. The molecule has 2 unspecified atom stereocenters. The Morgan fingerprint density at radius 3 is 2.60 bits per heavy atom. The molecule has 0 bridgehead atoms. The van der Waals surface area contributed by atoms with Gasteiger partial charge in [0.1, 0.15) is 0 Å². The molecular weight excluding hydrogens is 204 g/mol. The van der Waals surface area contributed by atoms with E-state index in [0.717, 1.165) is 11.3 Å². The summed E-state index contributed by atoms with van der Waals surface area (Å²) in [5.41, 5.74) is 0.441. The van der Waals surface area contributed by atoms with Gasteiger partial charge in [-0.1, -0.05) is 20.8 Å². The molecule has 2 rings (SSSR count). The van der Waals surface area contributed by atoms with Crippen molar-refractivity contribution in [2.75, 3.05) is 39.0 Å². The van der Waals surface area contributed by atoms with Gasteiger partial charge in [0.15, 0.2) is 0 Å². The van der Waals surface area contributed by atoms with E-state index in [1.807, 2.05) is 0 Å². The van der Waals surface area contributed by atoms with Crippen molar-refractivity contribution in [1.82, 2.24) is 9.80 Å². The molecule has 0 amide bonds. The van der Waals surface area contributed by atoms with Crippen molar-refractivity contribution in [3.63, 3.8) is 0 Å². The van der Waals surface area contributed by atoms with Gasteiger partial charge in [-0.15, -0.1) is 0 Å². The summed E-state index contributed by atoms with van der Waals surface area (Å²) in [6.45, 7) is 12.1. The molecule has 0 aromatic carbocycles. The molecule has 3 heteroatoms. The van der Waals surface area contributed by atoms with E-state index in [9.17, 15) is 0 Å².